The van der Waals surface area contributed by atoms with E-state index in [2.05, 4.69) is 49.4 Å². The molecule has 0 aromatic heterocycles. The molecule has 22 heavy (non-hydrogen) atoms. The lowest BCUT2D eigenvalue weighted by Crippen LogP contribution is -2.31. The van der Waals surface area contributed by atoms with Crippen molar-refractivity contribution in [1.29, 1.82) is 0 Å². The van der Waals surface area contributed by atoms with Crippen LogP contribution >= 0.6 is 0 Å². The van der Waals surface area contributed by atoms with Crippen molar-refractivity contribution in [2.24, 2.45) is 11.7 Å². The first-order valence-corrected chi connectivity index (χ1v) is 7.97. The average molecular weight is 293 g/mol. The molecule has 0 aliphatic rings. The summed E-state index contributed by atoms with van der Waals surface area (Å²) in [4.78, 5) is 0. The molecule has 0 heterocycles. The van der Waals surface area contributed by atoms with Crippen LogP contribution in [-0.2, 0) is 0 Å². The Balaban J connectivity index is 2.23. The van der Waals surface area contributed by atoms with Gasteiger partial charge in [0.15, 0.2) is 0 Å². The quantitative estimate of drug-likeness (QED) is 0.700. The Bertz CT molecular complexity index is 796. The lowest BCUT2D eigenvalue weighted by atomic mass is 9.87. The Kier molecular flexibility index (Phi) is 4.14. The zero-order chi connectivity index (χ0) is 15.7. The van der Waals surface area contributed by atoms with Crippen molar-refractivity contribution in [2.75, 3.05) is 0 Å². The molecule has 0 fully saturated rings. The summed E-state index contributed by atoms with van der Waals surface area (Å²) in [6.45, 7) is 4.13. The van der Waals surface area contributed by atoms with Crippen LogP contribution in [0.3, 0.4) is 0 Å². The van der Waals surface area contributed by atoms with E-state index in [0.29, 0.717) is 0 Å². The molecule has 3 atom stereocenters. The fourth-order valence-corrected chi connectivity index (χ4v) is 3.14. The Labute approximate surface area is 131 Å². The molecule has 0 saturated carbocycles. The first-order valence-electron chi connectivity index (χ1n) is 7.97. The number of rotatable bonds is 4. The van der Waals surface area contributed by atoms with Gasteiger partial charge in [-0.05, 0) is 39.1 Å². The van der Waals surface area contributed by atoms with Gasteiger partial charge in [0.25, 0.3) is 0 Å². The minimum atomic E-state index is -0.533. The van der Waals surface area contributed by atoms with Gasteiger partial charge in [-0.25, -0.2) is 0 Å². The predicted octanol–water partition coefficient (Wildman–Crippen LogP) is 4.40. The number of nitrogens with two attached hydrogens (primary N) is 1. The van der Waals surface area contributed by atoms with E-state index in [-0.39, 0.29) is 12.0 Å². The second kappa shape index (κ2) is 6.07. The SMILES string of the molecule is CCC(C)[C@H](O)[C@H](N)c1cc2ccccc2c2ccccc12. The summed E-state index contributed by atoms with van der Waals surface area (Å²) < 4.78 is 0. The molecule has 2 heteroatoms. The Morgan fingerprint density at radius 1 is 0.955 bits per heavy atom. The molecular weight excluding hydrogens is 270 g/mol. The van der Waals surface area contributed by atoms with Crippen molar-refractivity contribution < 1.29 is 5.11 Å². The van der Waals surface area contributed by atoms with Crippen LogP contribution in [0.1, 0.15) is 31.9 Å². The van der Waals surface area contributed by atoms with Gasteiger partial charge in [0.1, 0.15) is 0 Å². The first kappa shape index (κ1) is 15.0. The van der Waals surface area contributed by atoms with Gasteiger partial charge in [-0.1, -0.05) is 68.8 Å². The van der Waals surface area contributed by atoms with E-state index in [4.69, 9.17) is 5.73 Å². The second-order valence-electron chi connectivity index (χ2n) is 6.13. The molecule has 0 aliphatic carbocycles. The summed E-state index contributed by atoms with van der Waals surface area (Å²) in [6.07, 6.45) is 0.384. The van der Waals surface area contributed by atoms with Crippen molar-refractivity contribution >= 4 is 21.5 Å². The van der Waals surface area contributed by atoms with Crippen molar-refractivity contribution in [2.45, 2.75) is 32.4 Å². The lowest BCUT2D eigenvalue weighted by molar-refractivity contribution is 0.0885. The Morgan fingerprint density at radius 3 is 2.23 bits per heavy atom. The summed E-state index contributed by atoms with van der Waals surface area (Å²) in [6, 6.07) is 18.4. The molecular formula is C20H23NO. The van der Waals surface area contributed by atoms with Gasteiger partial charge in [0.2, 0.25) is 0 Å². The molecule has 0 saturated heterocycles. The molecule has 0 bridgehead atoms. The smallest absolute Gasteiger partial charge is 0.0758 e. The number of fused-ring (bicyclic) bond motifs is 3. The summed E-state index contributed by atoms with van der Waals surface area (Å²) in [7, 11) is 0. The topological polar surface area (TPSA) is 46.2 Å². The van der Waals surface area contributed by atoms with Crippen LogP contribution < -0.4 is 5.73 Å². The maximum Gasteiger partial charge on any atom is 0.0758 e. The van der Waals surface area contributed by atoms with Crippen molar-refractivity contribution in [1.82, 2.24) is 0 Å². The Hall–Kier alpha value is -1.90. The van der Waals surface area contributed by atoms with Crippen LogP contribution in [0.25, 0.3) is 21.5 Å². The Morgan fingerprint density at radius 2 is 1.55 bits per heavy atom. The highest BCUT2D eigenvalue weighted by molar-refractivity contribution is 6.09. The number of aliphatic hydroxyl groups is 1. The number of benzene rings is 3. The van der Waals surface area contributed by atoms with E-state index >= 15 is 0 Å². The third kappa shape index (κ3) is 2.49. The maximum atomic E-state index is 10.5. The average Bonchev–Trinajstić information content (AvgIpc) is 2.59. The van der Waals surface area contributed by atoms with Gasteiger partial charge >= 0.3 is 0 Å². The number of hydrogen-bond donors (Lipinski definition) is 2. The van der Waals surface area contributed by atoms with Gasteiger partial charge in [-0.3, -0.25) is 0 Å². The van der Waals surface area contributed by atoms with E-state index in [1.54, 1.807) is 0 Å². The van der Waals surface area contributed by atoms with Gasteiger partial charge < -0.3 is 10.8 Å². The zero-order valence-electron chi connectivity index (χ0n) is 13.2. The third-order valence-electron chi connectivity index (χ3n) is 4.75. The van der Waals surface area contributed by atoms with E-state index in [1.165, 1.54) is 16.2 Å². The molecule has 3 N–H and O–H groups in total. The predicted molar refractivity (Wildman–Crippen MR) is 93.8 cm³/mol. The summed E-state index contributed by atoms with van der Waals surface area (Å²) in [5.74, 6) is 0.181. The van der Waals surface area contributed by atoms with E-state index in [1.807, 2.05) is 19.1 Å². The molecule has 3 rings (SSSR count). The highest BCUT2D eigenvalue weighted by Crippen LogP contribution is 2.33. The molecule has 0 aliphatic heterocycles. The van der Waals surface area contributed by atoms with Crippen molar-refractivity contribution in [3.63, 3.8) is 0 Å². The summed E-state index contributed by atoms with van der Waals surface area (Å²) in [5, 5.41) is 15.3. The molecule has 0 radical (unpaired) electrons. The van der Waals surface area contributed by atoms with Gasteiger partial charge in [-0.15, -0.1) is 0 Å². The van der Waals surface area contributed by atoms with Gasteiger partial charge in [0, 0.05) is 0 Å². The molecule has 3 aromatic rings. The third-order valence-corrected chi connectivity index (χ3v) is 4.75. The maximum absolute atomic E-state index is 10.5. The number of aliphatic hydroxyl groups excluding tert-OH is 1. The normalized spacial score (nSPS) is 15.8. The lowest BCUT2D eigenvalue weighted by Gasteiger charge is -2.26. The first-order chi connectivity index (χ1) is 10.6. The van der Waals surface area contributed by atoms with Crippen LogP contribution in [0.2, 0.25) is 0 Å². The summed E-state index contributed by atoms with van der Waals surface area (Å²) >= 11 is 0. The van der Waals surface area contributed by atoms with Crippen molar-refractivity contribution in [3.05, 3.63) is 60.2 Å². The monoisotopic (exact) mass is 293 g/mol. The number of hydrogen-bond acceptors (Lipinski definition) is 2. The highest BCUT2D eigenvalue weighted by Gasteiger charge is 2.23. The molecule has 0 spiro atoms. The molecule has 114 valence electrons. The van der Waals surface area contributed by atoms with Crippen LogP contribution in [0, 0.1) is 5.92 Å². The standard InChI is InChI=1S/C20H23NO/c1-3-13(2)20(22)19(21)18-12-14-8-4-5-9-15(14)16-10-6-7-11-17(16)18/h4-13,19-20,22H,3,21H2,1-2H3/t13?,19-,20+/m1/s1. The van der Waals surface area contributed by atoms with Crippen LogP contribution in [0.4, 0.5) is 0 Å². The molecule has 1 unspecified atom stereocenters. The fourth-order valence-electron chi connectivity index (χ4n) is 3.14. The minimum Gasteiger partial charge on any atom is -0.391 e. The molecule has 2 nitrogen and oxygen atoms in total. The largest absolute Gasteiger partial charge is 0.391 e. The fraction of sp³-hybridized carbons (Fsp3) is 0.300. The molecule has 0 amide bonds. The highest BCUT2D eigenvalue weighted by atomic mass is 16.3. The van der Waals surface area contributed by atoms with Crippen LogP contribution in [0.15, 0.2) is 54.6 Å². The second-order valence-corrected chi connectivity index (χ2v) is 6.13. The summed E-state index contributed by atoms with van der Waals surface area (Å²) in [5.41, 5.74) is 7.45. The molecule has 3 aromatic carbocycles. The van der Waals surface area contributed by atoms with E-state index in [0.717, 1.165) is 17.4 Å². The van der Waals surface area contributed by atoms with E-state index < -0.39 is 6.10 Å². The van der Waals surface area contributed by atoms with Gasteiger partial charge in [0.05, 0.1) is 12.1 Å². The van der Waals surface area contributed by atoms with Crippen LogP contribution in [0.5, 0.6) is 0 Å². The van der Waals surface area contributed by atoms with Crippen LogP contribution in [-0.4, -0.2) is 11.2 Å². The van der Waals surface area contributed by atoms with E-state index in [9.17, 15) is 5.11 Å². The zero-order valence-corrected chi connectivity index (χ0v) is 13.2. The minimum absolute atomic E-state index is 0.181. The van der Waals surface area contributed by atoms with Crippen molar-refractivity contribution in [3.8, 4) is 0 Å². The van der Waals surface area contributed by atoms with Gasteiger partial charge in [-0.2, -0.15) is 0 Å².